The van der Waals surface area contributed by atoms with Gasteiger partial charge in [0.25, 0.3) is 0 Å². The van der Waals surface area contributed by atoms with Crippen molar-refractivity contribution in [2.24, 2.45) is 0 Å². The van der Waals surface area contributed by atoms with E-state index in [0.29, 0.717) is 29.6 Å². The van der Waals surface area contributed by atoms with Gasteiger partial charge < -0.3 is 14.8 Å². The Bertz CT molecular complexity index is 1400. The van der Waals surface area contributed by atoms with Gasteiger partial charge in [0.2, 0.25) is 11.8 Å². The fraction of sp³-hybridized carbons (Fsp3) is 0.174. The number of carbonyl (C=O) groups excluding carboxylic acids is 1. The van der Waals surface area contributed by atoms with Gasteiger partial charge >= 0.3 is 0 Å². The third-order valence-corrected chi connectivity index (χ3v) is 7.04. The van der Waals surface area contributed by atoms with E-state index in [1.54, 1.807) is 35.1 Å². The standard InChI is InChI=1S/C23H20N6O3S2/c1-31-16-8-6-15(7-9-16)22-27-26-19-10-11-21(28-29(19)22)32-13-12-24-20(30)14-33-23-25-17-4-2-3-5-18(17)34-23/h2-11H,12-14H2,1H3,(H,24,30). The number of rotatable bonds is 9. The molecule has 9 nitrogen and oxygen atoms in total. The summed E-state index contributed by atoms with van der Waals surface area (Å²) in [7, 11) is 1.62. The molecule has 11 heteroatoms. The molecular weight excluding hydrogens is 472 g/mol. The largest absolute Gasteiger partial charge is 0.497 e. The number of thioether (sulfide) groups is 1. The van der Waals surface area contributed by atoms with E-state index < -0.39 is 0 Å². The summed E-state index contributed by atoms with van der Waals surface area (Å²) < 4.78 is 14.6. The van der Waals surface area contributed by atoms with Crippen molar-refractivity contribution in [1.82, 2.24) is 30.1 Å². The minimum Gasteiger partial charge on any atom is -0.497 e. The molecule has 5 aromatic rings. The van der Waals surface area contributed by atoms with E-state index in [4.69, 9.17) is 9.47 Å². The lowest BCUT2D eigenvalue weighted by atomic mass is 10.2. The molecule has 0 unspecified atom stereocenters. The first-order chi connectivity index (χ1) is 16.7. The van der Waals surface area contributed by atoms with E-state index in [1.807, 2.05) is 48.5 Å². The Morgan fingerprint density at radius 3 is 2.76 bits per heavy atom. The van der Waals surface area contributed by atoms with Crippen LogP contribution in [0.2, 0.25) is 0 Å². The summed E-state index contributed by atoms with van der Waals surface area (Å²) in [5.41, 5.74) is 2.42. The maximum Gasteiger partial charge on any atom is 0.231 e. The highest BCUT2D eigenvalue weighted by atomic mass is 32.2. The highest BCUT2D eigenvalue weighted by Crippen LogP contribution is 2.29. The number of methoxy groups -OCH3 is 1. The number of thiazole rings is 1. The van der Waals surface area contributed by atoms with Gasteiger partial charge in [0.15, 0.2) is 15.8 Å². The molecule has 3 aromatic heterocycles. The summed E-state index contributed by atoms with van der Waals surface area (Å²) in [6.45, 7) is 0.655. The van der Waals surface area contributed by atoms with Gasteiger partial charge in [0, 0.05) is 11.6 Å². The van der Waals surface area contributed by atoms with Crippen molar-refractivity contribution in [3.8, 4) is 23.0 Å². The Labute approximate surface area is 203 Å². The SMILES string of the molecule is COc1ccc(-c2nnc3ccc(OCCNC(=O)CSc4nc5ccccc5s4)nn23)cc1. The quantitative estimate of drug-likeness (QED) is 0.245. The van der Waals surface area contributed by atoms with Crippen molar-refractivity contribution in [1.29, 1.82) is 0 Å². The molecular formula is C23H20N6O3S2. The number of carbonyl (C=O) groups is 1. The predicted octanol–water partition coefficient (Wildman–Crippen LogP) is 3.70. The summed E-state index contributed by atoms with van der Waals surface area (Å²) >= 11 is 3.02. The molecule has 0 radical (unpaired) electrons. The normalized spacial score (nSPS) is 11.1. The fourth-order valence-electron chi connectivity index (χ4n) is 3.21. The summed E-state index contributed by atoms with van der Waals surface area (Å²) in [6.07, 6.45) is 0. The number of hydrogen-bond donors (Lipinski definition) is 1. The Morgan fingerprint density at radius 1 is 1.09 bits per heavy atom. The number of amides is 1. The highest BCUT2D eigenvalue weighted by Gasteiger charge is 2.11. The molecule has 1 amide bonds. The molecule has 0 bridgehead atoms. The first-order valence-corrected chi connectivity index (χ1v) is 12.2. The van der Waals surface area contributed by atoms with Gasteiger partial charge in [-0.25, -0.2) is 4.98 Å². The average molecular weight is 493 g/mol. The summed E-state index contributed by atoms with van der Waals surface area (Å²) in [5, 5.41) is 15.7. The van der Waals surface area contributed by atoms with Crippen molar-refractivity contribution in [3.05, 3.63) is 60.7 Å². The highest BCUT2D eigenvalue weighted by molar-refractivity contribution is 8.01. The maximum atomic E-state index is 12.2. The molecule has 0 aliphatic heterocycles. The fourth-order valence-corrected chi connectivity index (χ4v) is 5.10. The Kier molecular flexibility index (Phi) is 6.54. The van der Waals surface area contributed by atoms with Crippen LogP contribution < -0.4 is 14.8 Å². The van der Waals surface area contributed by atoms with E-state index in [-0.39, 0.29) is 12.5 Å². The molecule has 2 aromatic carbocycles. The van der Waals surface area contributed by atoms with Gasteiger partial charge in [-0.2, -0.15) is 4.52 Å². The van der Waals surface area contributed by atoms with Crippen molar-refractivity contribution in [2.75, 3.05) is 26.0 Å². The van der Waals surface area contributed by atoms with Gasteiger partial charge in [-0.15, -0.1) is 26.6 Å². The van der Waals surface area contributed by atoms with E-state index >= 15 is 0 Å². The van der Waals surface area contributed by atoms with Gasteiger partial charge in [0.1, 0.15) is 12.4 Å². The average Bonchev–Trinajstić information content (AvgIpc) is 3.49. The minimum atomic E-state index is -0.0723. The van der Waals surface area contributed by atoms with Crippen LogP contribution in [-0.4, -0.2) is 56.7 Å². The van der Waals surface area contributed by atoms with Crippen LogP contribution in [-0.2, 0) is 4.79 Å². The second kappa shape index (κ2) is 10.1. The molecule has 0 atom stereocenters. The molecule has 0 fully saturated rings. The first kappa shape index (κ1) is 22.1. The predicted molar refractivity (Wildman–Crippen MR) is 132 cm³/mol. The smallest absolute Gasteiger partial charge is 0.231 e. The molecule has 0 saturated carbocycles. The topological polar surface area (TPSA) is 104 Å². The molecule has 0 saturated heterocycles. The number of fused-ring (bicyclic) bond motifs is 2. The van der Waals surface area contributed by atoms with Crippen molar-refractivity contribution >= 4 is 44.9 Å². The molecule has 0 aliphatic carbocycles. The van der Waals surface area contributed by atoms with E-state index in [0.717, 1.165) is 25.9 Å². The number of hydrogen-bond acceptors (Lipinski definition) is 9. The van der Waals surface area contributed by atoms with Gasteiger partial charge in [-0.05, 0) is 42.5 Å². The van der Waals surface area contributed by atoms with Crippen LogP contribution >= 0.6 is 23.1 Å². The lowest BCUT2D eigenvalue weighted by Crippen LogP contribution is -2.29. The second-order valence-electron chi connectivity index (χ2n) is 7.13. The molecule has 0 aliphatic rings. The lowest BCUT2D eigenvalue weighted by Gasteiger charge is -2.07. The number of aromatic nitrogens is 5. The lowest BCUT2D eigenvalue weighted by molar-refractivity contribution is -0.118. The van der Waals surface area contributed by atoms with E-state index in [9.17, 15) is 4.79 Å². The third kappa shape index (κ3) is 4.95. The second-order valence-corrected chi connectivity index (χ2v) is 9.38. The third-order valence-electron chi connectivity index (χ3n) is 4.86. The van der Waals surface area contributed by atoms with Crippen LogP contribution in [0.3, 0.4) is 0 Å². The van der Waals surface area contributed by atoms with Gasteiger partial charge in [-0.1, -0.05) is 23.9 Å². The Morgan fingerprint density at radius 2 is 1.94 bits per heavy atom. The monoisotopic (exact) mass is 492 g/mol. The van der Waals surface area contributed by atoms with Crippen molar-refractivity contribution in [2.45, 2.75) is 4.34 Å². The maximum absolute atomic E-state index is 12.2. The number of benzene rings is 2. The Hall–Kier alpha value is -3.70. The number of nitrogens with zero attached hydrogens (tertiary/aromatic N) is 5. The molecule has 5 rings (SSSR count). The van der Waals surface area contributed by atoms with Crippen LogP contribution in [0.5, 0.6) is 11.6 Å². The number of para-hydroxylation sites is 1. The summed E-state index contributed by atoms with van der Waals surface area (Å²) in [4.78, 5) is 16.7. The molecule has 1 N–H and O–H groups in total. The molecule has 0 spiro atoms. The minimum absolute atomic E-state index is 0.0723. The van der Waals surface area contributed by atoms with Crippen LogP contribution in [0, 0.1) is 0 Å². The van der Waals surface area contributed by atoms with E-state index in [1.165, 1.54) is 11.8 Å². The van der Waals surface area contributed by atoms with E-state index in [2.05, 4.69) is 25.6 Å². The first-order valence-electron chi connectivity index (χ1n) is 10.4. The molecule has 34 heavy (non-hydrogen) atoms. The van der Waals surface area contributed by atoms with Crippen molar-refractivity contribution in [3.63, 3.8) is 0 Å². The summed E-state index contributed by atoms with van der Waals surface area (Å²) in [5.74, 6) is 2.01. The van der Waals surface area contributed by atoms with Crippen LogP contribution in [0.15, 0.2) is 65.0 Å². The molecule has 172 valence electrons. The summed E-state index contributed by atoms with van der Waals surface area (Å²) in [6, 6.07) is 19.0. The van der Waals surface area contributed by atoms with Crippen LogP contribution in [0.4, 0.5) is 0 Å². The zero-order valence-electron chi connectivity index (χ0n) is 18.2. The zero-order valence-corrected chi connectivity index (χ0v) is 19.8. The van der Waals surface area contributed by atoms with Gasteiger partial charge in [0.05, 0.1) is 29.6 Å². The number of ether oxygens (including phenoxy) is 2. The zero-order chi connectivity index (χ0) is 23.3. The van der Waals surface area contributed by atoms with Crippen molar-refractivity contribution < 1.29 is 14.3 Å². The molecule has 3 heterocycles. The Balaban J connectivity index is 1.13. The number of nitrogens with one attached hydrogen (secondary N) is 1. The van der Waals surface area contributed by atoms with Gasteiger partial charge in [-0.3, -0.25) is 4.79 Å². The van der Waals surface area contributed by atoms with Crippen LogP contribution in [0.25, 0.3) is 27.3 Å². The van der Waals surface area contributed by atoms with Crippen LogP contribution in [0.1, 0.15) is 0 Å².